The fraction of sp³-hybridized carbons (Fsp3) is 0.118. The molecule has 8 heteroatoms. The largest absolute Gasteiger partial charge is 0.459 e. The minimum Gasteiger partial charge on any atom is -0.459 e. The molecule has 0 spiro atoms. The van der Waals surface area contributed by atoms with Crippen LogP contribution >= 0.6 is 0 Å². The summed E-state index contributed by atoms with van der Waals surface area (Å²) >= 11 is 0. The molecule has 0 bridgehead atoms. The molecule has 128 valence electrons. The number of nitrogens with zero attached hydrogens (tertiary/aromatic N) is 3. The van der Waals surface area contributed by atoms with Gasteiger partial charge in [0.2, 0.25) is 0 Å². The number of amides is 1. The second-order valence-corrected chi connectivity index (χ2v) is 5.36. The third kappa shape index (κ3) is 3.86. The average Bonchev–Trinajstić information content (AvgIpc) is 3.16. The zero-order valence-electron chi connectivity index (χ0n) is 13.6. The van der Waals surface area contributed by atoms with Crippen molar-refractivity contribution < 1.29 is 9.21 Å². The quantitative estimate of drug-likeness (QED) is 0.590. The Morgan fingerprint density at radius 2 is 2.00 bits per heavy atom. The van der Waals surface area contributed by atoms with E-state index in [1.807, 2.05) is 42.3 Å². The van der Waals surface area contributed by atoms with Crippen LogP contribution in [0.2, 0.25) is 0 Å². The molecule has 4 N–H and O–H groups in total. The van der Waals surface area contributed by atoms with Crippen LogP contribution in [0.5, 0.6) is 0 Å². The zero-order chi connectivity index (χ0) is 17.6. The Balaban J connectivity index is 1.70. The van der Waals surface area contributed by atoms with Crippen molar-refractivity contribution in [3.63, 3.8) is 0 Å². The fourth-order valence-corrected chi connectivity index (χ4v) is 2.31. The number of carbonyl (C=O) groups excluding carboxylic acids is 1. The third-order valence-corrected chi connectivity index (χ3v) is 3.53. The molecule has 2 heterocycles. The molecule has 3 rings (SSSR count). The Hall–Kier alpha value is -3.55. The maximum absolute atomic E-state index is 11.9. The van der Waals surface area contributed by atoms with Crippen LogP contribution in [0.3, 0.4) is 0 Å². The molecule has 0 saturated carbocycles. The summed E-state index contributed by atoms with van der Waals surface area (Å²) in [4.78, 5) is 22.1. The smallest absolute Gasteiger partial charge is 0.305 e. The summed E-state index contributed by atoms with van der Waals surface area (Å²) in [7, 11) is 1.89. The lowest BCUT2D eigenvalue weighted by atomic mass is 10.2. The van der Waals surface area contributed by atoms with Crippen LogP contribution in [-0.4, -0.2) is 22.9 Å². The van der Waals surface area contributed by atoms with Crippen molar-refractivity contribution in [1.29, 1.82) is 0 Å². The van der Waals surface area contributed by atoms with E-state index < -0.39 is 5.91 Å². The van der Waals surface area contributed by atoms with E-state index in [0.29, 0.717) is 23.9 Å². The highest BCUT2D eigenvalue weighted by molar-refractivity contribution is 5.92. The van der Waals surface area contributed by atoms with Gasteiger partial charge in [-0.15, -0.1) is 0 Å². The van der Waals surface area contributed by atoms with Gasteiger partial charge in [-0.05, 0) is 17.7 Å². The highest BCUT2D eigenvalue weighted by Crippen LogP contribution is 2.25. The third-order valence-electron chi connectivity index (χ3n) is 3.53. The lowest BCUT2D eigenvalue weighted by Gasteiger charge is -2.21. The number of nitrogens with one attached hydrogen (secondary N) is 2. The van der Waals surface area contributed by atoms with Crippen LogP contribution in [0, 0.1) is 0 Å². The van der Waals surface area contributed by atoms with Gasteiger partial charge in [-0.25, -0.2) is 9.97 Å². The van der Waals surface area contributed by atoms with E-state index in [1.165, 1.54) is 12.6 Å². The average molecular weight is 338 g/mol. The number of anilines is 3. The van der Waals surface area contributed by atoms with Crippen LogP contribution in [-0.2, 0) is 6.54 Å². The van der Waals surface area contributed by atoms with E-state index in [1.54, 1.807) is 12.1 Å². The zero-order valence-corrected chi connectivity index (χ0v) is 13.6. The van der Waals surface area contributed by atoms with Gasteiger partial charge < -0.3 is 15.1 Å². The van der Waals surface area contributed by atoms with E-state index in [2.05, 4.69) is 20.8 Å². The predicted octanol–water partition coefficient (Wildman–Crippen LogP) is 2.05. The summed E-state index contributed by atoms with van der Waals surface area (Å²) in [6.45, 7) is 0.639. The second kappa shape index (κ2) is 7.35. The lowest BCUT2D eigenvalue weighted by molar-refractivity contribution is 0.0935. The van der Waals surface area contributed by atoms with Crippen molar-refractivity contribution in [2.45, 2.75) is 6.54 Å². The first-order chi connectivity index (χ1) is 12.1. The number of rotatable bonds is 6. The van der Waals surface area contributed by atoms with E-state index >= 15 is 0 Å². The first-order valence-corrected chi connectivity index (χ1v) is 7.60. The van der Waals surface area contributed by atoms with Gasteiger partial charge in [0.1, 0.15) is 12.0 Å². The van der Waals surface area contributed by atoms with Gasteiger partial charge in [0.25, 0.3) is 0 Å². The molecule has 0 atom stereocenters. The van der Waals surface area contributed by atoms with Gasteiger partial charge in [-0.2, -0.15) is 0 Å². The summed E-state index contributed by atoms with van der Waals surface area (Å²) in [5, 5.41) is 0. The molecule has 1 aromatic carbocycles. The van der Waals surface area contributed by atoms with Gasteiger partial charge in [0.05, 0.1) is 6.26 Å². The normalized spacial score (nSPS) is 10.3. The summed E-state index contributed by atoms with van der Waals surface area (Å²) in [6.07, 6.45) is 2.80. The van der Waals surface area contributed by atoms with Gasteiger partial charge in [0.15, 0.2) is 17.4 Å². The number of aromatic nitrogens is 2. The van der Waals surface area contributed by atoms with Crippen molar-refractivity contribution in [2.75, 3.05) is 23.1 Å². The van der Waals surface area contributed by atoms with Crippen molar-refractivity contribution in [1.82, 2.24) is 15.4 Å². The minimum absolute atomic E-state index is 0.182. The van der Waals surface area contributed by atoms with Crippen LogP contribution < -0.4 is 21.5 Å². The summed E-state index contributed by atoms with van der Waals surface area (Å²) in [5.41, 5.74) is 12.8. The SMILES string of the molecule is CN(Cc1ccccc1)c1ncnc(NNC(=O)c2ccco2)c1N. The number of nitrogen functional groups attached to an aromatic ring is 1. The van der Waals surface area contributed by atoms with E-state index in [-0.39, 0.29) is 5.76 Å². The molecule has 0 aliphatic heterocycles. The van der Waals surface area contributed by atoms with Gasteiger partial charge in [-0.1, -0.05) is 30.3 Å². The molecular formula is C17H18N6O2. The molecule has 0 saturated heterocycles. The molecule has 0 radical (unpaired) electrons. The van der Waals surface area contributed by atoms with Crippen LogP contribution in [0.15, 0.2) is 59.5 Å². The Morgan fingerprint density at radius 3 is 2.72 bits per heavy atom. The monoisotopic (exact) mass is 338 g/mol. The molecule has 0 aliphatic carbocycles. The number of hydrogen-bond acceptors (Lipinski definition) is 7. The molecule has 0 aliphatic rings. The molecule has 3 aromatic rings. The molecular weight excluding hydrogens is 320 g/mol. The minimum atomic E-state index is -0.429. The number of benzene rings is 1. The Labute approximate surface area is 144 Å². The van der Waals surface area contributed by atoms with Gasteiger partial charge >= 0.3 is 5.91 Å². The first-order valence-electron chi connectivity index (χ1n) is 7.60. The molecule has 2 aromatic heterocycles. The number of nitrogens with two attached hydrogens (primary N) is 1. The van der Waals surface area contributed by atoms with Crippen molar-refractivity contribution in [3.05, 3.63) is 66.4 Å². The maximum Gasteiger partial charge on any atom is 0.305 e. The Bertz CT molecular complexity index is 836. The van der Waals surface area contributed by atoms with Crippen molar-refractivity contribution in [2.24, 2.45) is 0 Å². The number of carbonyl (C=O) groups is 1. The summed E-state index contributed by atoms with van der Waals surface area (Å²) in [6, 6.07) is 13.1. The van der Waals surface area contributed by atoms with Crippen molar-refractivity contribution >= 4 is 23.2 Å². The predicted molar refractivity (Wildman–Crippen MR) is 94.8 cm³/mol. The standard InChI is InChI=1S/C17H18N6O2/c1-23(10-12-6-3-2-4-7-12)16-14(18)15(19-11-20-16)21-22-17(24)13-8-5-9-25-13/h2-9,11H,10,18H2,1H3,(H,22,24)(H,19,20,21). The van der Waals surface area contributed by atoms with Gasteiger partial charge in [-0.3, -0.25) is 15.6 Å². The number of furan rings is 1. The topological polar surface area (TPSA) is 109 Å². The molecule has 1 amide bonds. The molecule has 0 fully saturated rings. The first kappa shape index (κ1) is 16.3. The molecule has 25 heavy (non-hydrogen) atoms. The van der Waals surface area contributed by atoms with E-state index in [9.17, 15) is 4.79 Å². The Morgan fingerprint density at radius 1 is 1.20 bits per heavy atom. The summed E-state index contributed by atoms with van der Waals surface area (Å²) in [5.74, 6) is 0.627. The second-order valence-electron chi connectivity index (χ2n) is 5.36. The molecule has 0 unspecified atom stereocenters. The maximum atomic E-state index is 11.9. The fourth-order valence-electron chi connectivity index (χ4n) is 2.31. The van der Waals surface area contributed by atoms with Crippen LogP contribution in [0.1, 0.15) is 16.1 Å². The van der Waals surface area contributed by atoms with E-state index in [4.69, 9.17) is 10.2 Å². The highest BCUT2D eigenvalue weighted by Gasteiger charge is 2.14. The van der Waals surface area contributed by atoms with Crippen LogP contribution in [0.25, 0.3) is 0 Å². The summed E-state index contributed by atoms with van der Waals surface area (Å²) < 4.78 is 5.02. The number of hydrogen-bond donors (Lipinski definition) is 3. The van der Waals surface area contributed by atoms with E-state index in [0.717, 1.165) is 5.56 Å². The molecule has 8 nitrogen and oxygen atoms in total. The number of hydrazine groups is 1. The highest BCUT2D eigenvalue weighted by atomic mass is 16.3. The lowest BCUT2D eigenvalue weighted by Crippen LogP contribution is -2.30. The van der Waals surface area contributed by atoms with Crippen LogP contribution in [0.4, 0.5) is 17.3 Å². The van der Waals surface area contributed by atoms with Gasteiger partial charge in [0, 0.05) is 13.6 Å². The Kier molecular flexibility index (Phi) is 4.79. The van der Waals surface area contributed by atoms with Crippen molar-refractivity contribution in [3.8, 4) is 0 Å².